The van der Waals surface area contributed by atoms with E-state index in [1.807, 2.05) is 13.8 Å². The minimum atomic E-state index is 1.03. The Bertz CT molecular complexity index is 390. The Morgan fingerprint density at radius 1 is 1.27 bits per heavy atom. The molecule has 56 valence electrons. The van der Waals surface area contributed by atoms with E-state index in [1.54, 1.807) is 17.0 Å². The number of aromatic nitrogens is 4. The predicted octanol–water partition coefficient (Wildman–Crippen LogP) is 0.741. The van der Waals surface area contributed by atoms with Gasteiger partial charge in [-0.25, -0.2) is 4.52 Å². The van der Waals surface area contributed by atoms with Gasteiger partial charge < -0.3 is 0 Å². The highest BCUT2D eigenvalue weighted by atomic mass is 15.3. The highest BCUT2D eigenvalue weighted by molar-refractivity contribution is 5.52. The third kappa shape index (κ3) is 0.790. The summed E-state index contributed by atoms with van der Waals surface area (Å²) in [6.07, 6.45) is 3.32. The van der Waals surface area contributed by atoms with Crippen LogP contribution in [0.25, 0.3) is 5.52 Å². The largest absolute Gasteiger partial charge is 0.218 e. The maximum atomic E-state index is 4.23. The maximum Gasteiger partial charge on any atom is 0.140 e. The molecule has 0 aromatic carbocycles. The predicted molar refractivity (Wildman–Crippen MR) is 40.3 cm³/mol. The van der Waals surface area contributed by atoms with E-state index in [1.165, 1.54) is 5.56 Å². The smallest absolute Gasteiger partial charge is 0.140 e. The fraction of sp³-hybridized carbons (Fsp3) is 0.286. The van der Waals surface area contributed by atoms with Gasteiger partial charge in [0.1, 0.15) is 6.33 Å². The molecule has 0 spiro atoms. The van der Waals surface area contributed by atoms with E-state index in [9.17, 15) is 0 Å². The van der Waals surface area contributed by atoms with Crippen molar-refractivity contribution < 1.29 is 0 Å². The second-order valence-corrected chi connectivity index (χ2v) is 2.52. The first-order valence-corrected chi connectivity index (χ1v) is 3.41. The van der Waals surface area contributed by atoms with Gasteiger partial charge in [0.2, 0.25) is 0 Å². The molecule has 0 amide bonds. The van der Waals surface area contributed by atoms with Crippen LogP contribution in [0.15, 0.2) is 12.5 Å². The molecule has 2 aromatic heterocycles. The van der Waals surface area contributed by atoms with E-state index in [0.717, 1.165) is 11.2 Å². The Balaban J connectivity index is 2.92. The Kier molecular flexibility index (Phi) is 1.15. The van der Waals surface area contributed by atoms with Crippen molar-refractivity contribution in [2.75, 3.05) is 0 Å². The van der Waals surface area contributed by atoms with Crippen molar-refractivity contribution in [2.24, 2.45) is 0 Å². The number of nitrogens with zero attached hydrogens (tertiary/aromatic N) is 4. The second-order valence-electron chi connectivity index (χ2n) is 2.52. The number of hydrogen-bond donors (Lipinski definition) is 0. The summed E-state index contributed by atoms with van der Waals surface area (Å²) in [6, 6.07) is 0. The van der Waals surface area contributed by atoms with Gasteiger partial charge in [-0.1, -0.05) is 0 Å². The van der Waals surface area contributed by atoms with Crippen LogP contribution in [0, 0.1) is 13.8 Å². The lowest BCUT2D eigenvalue weighted by Gasteiger charge is -1.87. The van der Waals surface area contributed by atoms with Gasteiger partial charge in [0.15, 0.2) is 0 Å². The number of aryl methyl sites for hydroxylation is 2. The summed E-state index contributed by atoms with van der Waals surface area (Å²) in [4.78, 5) is 0. The Labute approximate surface area is 63.9 Å². The first-order valence-electron chi connectivity index (χ1n) is 3.41. The van der Waals surface area contributed by atoms with Crippen LogP contribution >= 0.6 is 0 Å². The summed E-state index contributed by atoms with van der Waals surface area (Å²) >= 11 is 0. The van der Waals surface area contributed by atoms with Crippen molar-refractivity contribution in [1.29, 1.82) is 0 Å². The summed E-state index contributed by atoms with van der Waals surface area (Å²) in [7, 11) is 0. The summed E-state index contributed by atoms with van der Waals surface area (Å²) in [5, 5.41) is 11.7. The zero-order valence-electron chi connectivity index (χ0n) is 6.44. The monoisotopic (exact) mass is 148 g/mol. The van der Waals surface area contributed by atoms with Crippen LogP contribution in [0.3, 0.4) is 0 Å². The van der Waals surface area contributed by atoms with Crippen LogP contribution in [-0.4, -0.2) is 19.8 Å². The Morgan fingerprint density at radius 3 is 2.82 bits per heavy atom. The number of rotatable bonds is 0. The second kappa shape index (κ2) is 2.02. The van der Waals surface area contributed by atoms with E-state index in [4.69, 9.17) is 0 Å². The highest BCUT2D eigenvalue weighted by Crippen LogP contribution is 2.10. The molecule has 2 rings (SSSR count). The van der Waals surface area contributed by atoms with Crippen molar-refractivity contribution in [3.05, 3.63) is 23.8 Å². The molecular formula is C7H8N4. The molecule has 0 saturated heterocycles. The van der Waals surface area contributed by atoms with Crippen molar-refractivity contribution in [1.82, 2.24) is 19.8 Å². The van der Waals surface area contributed by atoms with Crippen LogP contribution < -0.4 is 0 Å². The lowest BCUT2D eigenvalue weighted by molar-refractivity contribution is 0.852. The molecule has 2 heterocycles. The topological polar surface area (TPSA) is 43.1 Å². The SMILES string of the molecule is Cc1nn2cnncc2c1C. The first-order chi connectivity index (χ1) is 5.29. The van der Waals surface area contributed by atoms with Gasteiger partial charge in [0, 0.05) is 0 Å². The van der Waals surface area contributed by atoms with E-state index < -0.39 is 0 Å². The lowest BCUT2D eigenvalue weighted by Crippen LogP contribution is -1.89. The molecule has 0 unspecified atom stereocenters. The molecule has 0 atom stereocenters. The normalized spacial score (nSPS) is 10.7. The molecule has 0 bridgehead atoms. The van der Waals surface area contributed by atoms with Crippen molar-refractivity contribution in [2.45, 2.75) is 13.8 Å². The average Bonchev–Trinajstić information content (AvgIpc) is 2.30. The molecule has 0 N–H and O–H groups in total. The van der Waals surface area contributed by atoms with Crippen LogP contribution in [0.5, 0.6) is 0 Å². The number of hydrogen-bond acceptors (Lipinski definition) is 3. The Hall–Kier alpha value is -1.45. The molecular weight excluding hydrogens is 140 g/mol. The maximum absolute atomic E-state index is 4.23. The standard InChI is InChI=1S/C7H8N4/c1-5-6(2)10-11-4-9-8-3-7(5)11/h3-4H,1-2H3. The molecule has 0 radical (unpaired) electrons. The van der Waals surface area contributed by atoms with E-state index in [-0.39, 0.29) is 0 Å². The molecule has 4 nitrogen and oxygen atoms in total. The minimum Gasteiger partial charge on any atom is -0.218 e. The van der Waals surface area contributed by atoms with Gasteiger partial charge in [-0.05, 0) is 19.4 Å². The summed E-state index contributed by atoms with van der Waals surface area (Å²) in [5.74, 6) is 0. The molecule has 0 aliphatic carbocycles. The van der Waals surface area contributed by atoms with Crippen LogP contribution in [0.2, 0.25) is 0 Å². The molecule has 0 aliphatic heterocycles. The average molecular weight is 148 g/mol. The summed E-state index contributed by atoms with van der Waals surface area (Å²) in [5.41, 5.74) is 3.22. The van der Waals surface area contributed by atoms with Gasteiger partial charge >= 0.3 is 0 Å². The van der Waals surface area contributed by atoms with Crippen LogP contribution in [0.1, 0.15) is 11.3 Å². The summed E-state index contributed by atoms with van der Waals surface area (Å²) < 4.78 is 1.73. The third-order valence-corrected chi connectivity index (χ3v) is 1.84. The quantitative estimate of drug-likeness (QED) is 0.553. The fourth-order valence-electron chi connectivity index (χ4n) is 1.06. The van der Waals surface area contributed by atoms with Crippen molar-refractivity contribution >= 4 is 5.52 Å². The first kappa shape index (κ1) is 6.27. The van der Waals surface area contributed by atoms with E-state index in [2.05, 4.69) is 15.3 Å². The molecule has 2 aromatic rings. The zero-order chi connectivity index (χ0) is 7.84. The molecule has 0 fully saturated rings. The third-order valence-electron chi connectivity index (χ3n) is 1.84. The van der Waals surface area contributed by atoms with E-state index >= 15 is 0 Å². The van der Waals surface area contributed by atoms with Crippen molar-refractivity contribution in [3.8, 4) is 0 Å². The van der Waals surface area contributed by atoms with Gasteiger partial charge in [-0.15, -0.1) is 5.10 Å². The Morgan fingerprint density at radius 2 is 2.09 bits per heavy atom. The minimum absolute atomic E-state index is 1.03. The van der Waals surface area contributed by atoms with Crippen LogP contribution in [0.4, 0.5) is 0 Å². The molecule has 4 heteroatoms. The molecule has 0 aliphatic rings. The molecule has 11 heavy (non-hydrogen) atoms. The fourth-order valence-corrected chi connectivity index (χ4v) is 1.06. The van der Waals surface area contributed by atoms with Gasteiger partial charge in [-0.2, -0.15) is 10.2 Å². The van der Waals surface area contributed by atoms with Crippen molar-refractivity contribution in [3.63, 3.8) is 0 Å². The molecule has 0 saturated carbocycles. The van der Waals surface area contributed by atoms with Gasteiger partial charge in [-0.3, -0.25) is 0 Å². The van der Waals surface area contributed by atoms with Gasteiger partial charge in [0.05, 0.1) is 17.4 Å². The lowest BCUT2D eigenvalue weighted by atomic mass is 10.2. The van der Waals surface area contributed by atoms with Gasteiger partial charge in [0.25, 0.3) is 0 Å². The zero-order valence-corrected chi connectivity index (χ0v) is 6.44. The van der Waals surface area contributed by atoms with E-state index in [0.29, 0.717) is 0 Å². The highest BCUT2D eigenvalue weighted by Gasteiger charge is 2.02. The van der Waals surface area contributed by atoms with Crippen LogP contribution in [-0.2, 0) is 0 Å². The number of fused-ring (bicyclic) bond motifs is 1. The summed E-state index contributed by atoms with van der Waals surface area (Å²) in [6.45, 7) is 4.00.